The lowest BCUT2D eigenvalue weighted by Crippen LogP contribution is -2.73. The van der Waals surface area contributed by atoms with E-state index >= 15 is 0 Å². The second kappa shape index (κ2) is 14.6. The molecular formula is C19H24ClN5O9S2. The average molecular weight is 566 g/mol. The van der Waals surface area contributed by atoms with Crippen LogP contribution in [0.5, 0.6) is 0 Å². The molecule has 36 heavy (non-hydrogen) atoms. The summed E-state index contributed by atoms with van der Waals surface area (Å²) in [5.41, 5.74) is -1.48. The minimum Gasteiger partial charge on any atom is -0.477 e. The molecule has 3 N–H and O–H groups in total. The van der Waals surface area contributed by atoms with E-state index in [1.807, 2.05) is 6.79 Å². The molecule has 3 rings (SSSR count). The number of β-lactam (4-membered cyclic amide) rings is 1. The molecule has 3 aliphatic heterocycles. The van der Waals surface area contributed by atoms with Gasteiger partial charge in [0.25, 0.3) is 5.72 Å². The van der Waals surface area contributed by atoms with E-state index in [1.54, 1.807) is 7.05 Å². The van der Waals surface area contributed by atoms with Gasteiger partial charge < -0.3 is 30.1 Å². The Morgan fingerprint density at radius 3 is 2.61 bits per heavy atom. The number of fused-ring (bicyclic) bond motifs is 3. The Morgan fingerprint density at radius 2 is 2.11 bits per heavy atom. The van der Waals surface area contributed by atoms with E-state index in [2.05, 4.69) is 32.3 Å². The highest BCUT2D eigenvalue weighted by molar-refractivity contribution is 8.02. The molecule has 17 heteroatoms. The Hall–Kier alpha value is -2.95. The number of aliphatic imine (C=N–C) groups is 1. The molecule has 0 saturated carbocycles. The van der Waals surface area contributed by atoms with Gasteiger partial charge in [-0.1, -0.05) is 5.16 Å². The predicted octanol–water partition coefficient (Wildman–Crippen LogP) is -0.824. The van der Waals surface area contributed by atoms with Gasteiger partial charge in [0.1, 0.15) is 36.9 Å². The van der Waals surface area contributed by atoms with Gasteiger partial charge >= 0.3 is 11.9 Å². The highest BCUT2D eigenvalue weighted by atomic mass is 35.5. The number of halogens is 1. The number of carbonyl (C=O) groups is 6. The van der Waals surface area contributed by atoms with Crippen LogP contribution < -0.4 is 10.6 Å². The number of oxime groups is 1. The number of allylic oxidation sites excluding steroid dienone is 1. The summed E-state index contributed by atoms with van der Waals surface area (Å²) in [5, 5.41) is 18.9. The lowest BCUT2D eigenvalue weighted by molar-refractivity contribution is -0.203. The van der Waals surface area contributed by atoms with E-state index in [1.165, 1.54) is 40.9 Å². The Kier molecular flexibility index (Phi) is 12.6. The number of aldehydes is 1. The number of nitrogens with zero attached hydrogens (tertiary/aromatic N) is 3. The third-order valence-electron chi connectivity index (χ3n) is 4.78. The molecule has 0 aromatic heterocycles. The van der Waals surface area contributed by atoms with Crippen LogP contribution in [-0.2, 0) is 38.3 Å². The number of likely N-dealkylation sites (N-methyl/N-ethyl adjacent to an activating group) is 1. The van der Waals surface area contributed by atoms with Crippen LogP contribution in [0, 0.1) is 0 Å². The molecule has 4 atom stereocenters. The van der Waals surface area contributed by atoms with Crippen molar-refractivity contribution in [2.24, 2.45) is 10.1 Å². The first-order valence-corrected chi connectivity index (χ1v) is 12.3. The lowest BCUT2D eigenvalue weighted by Gasteiger charge is -2.46. The van der Waals surface area contributed by atoms with Crippen molar-refractivity contribution >= 4 is 84.4 Å². The Morgan fingerprint density at radius 1 is 1.44 bits per heavy atom. The maximum absolute atomic E-state index is 11.8. The third-order valence-corrected chi connectivity index (χ3v) is 7.30. The zero-order chi connectivity index (χ0) is 27.5. The number of alkyl halides is 1. The number of thioether (sulfide) groups is 2. The largest absolute Gasteiger partial charge is 0.477 e. The number of hydrogen-bond acceptors (Lipinski definition) is 13. The number of amides is 2. The van der Waals surface area contributed by atoms with Crippen molar-refractivity contribution in [3.8, 4) is 0 Å². The topological polar surface area (TPSA) is 193 Å². The normalized spacial score (nSPS) is 26.0. The van der Waals surface area contributed by atoms with Crippen LogP contribution in [0.1, 0.15) is 6.42 Å². The van der Waals surface area contributed by atoms with Gasteiger partial charge in [-0.15, -0.1) is 35.1 Å². The fourth-order valence-electron chi connectivity index (χ4n) is 3.29. The molecule has 4 unspecified atom stereocenters. The van der Waals surface area contributed by atoms with Gasteiger partial charge in [0.2, 0.25) is 11.8 Å². The van der Waals surface area contributed by atoms with Crippen molar-refractivity contribution in [3.63, 3.8) is 0 Å². The summed E-state index contributed by atoms with van der Waals surface area (Å²) in [7, 11) is 2.96. The summed E-state index contributed by atoms with van der Waals surface area (Å²) in [4.78, 5) is 73.2. The van der Waals surface area contributed by atoms with Gasteiger partial charge in [-0.05, 0) is 13.8 Å². The summed E-state index contributed by atoms with van der Waals surface area (Å²) in [6.45, 7) is 5.31. The molecule has 0 spiro atoms. The summed E-state index contributed by atoms with van der Waals surface area (Å²) in [5.74, 6) is -2.23. The SMILES string of the molecule is C=NC(=C\SCNC(=O)CCl)/C(C=O)=N/OC.C=O.CNC1C(=O)N2C1SC1CC(=O)OC12C(=O)O. The maximum atomic E-state index is 11.8. The number of hydrogen-bond donors (Lipinski definition) is 3. The summed E-state index contributed by atoms with van der Waals surface area (Å²) >= 11 is 7.82. The second-order valence-corrected chi connectivity index (χ2v) is 9.10. The van der Waals surface area contributed by atoms with E-state index in [9.17, 15) is 29.1 Å². The monoisotopic (exact) mass is 565 g/mol. The molecule has 2 amide bonds. The van der Waals surface area contributed by atoms with Crippen molar-refractivity contribution < 1.29 is 43.4 Å². The molecule has 0 bridgehead atoms. The van der Waals surface area contributed by atoms with Crippen molar-refractivity contribution in [1.29, 1.82) is 0 Å². The zero-order valence-corrected chi connectivity index (χ0v) is 21.6. The maximum Gasteiger partial charge on any atom is 0.371 e. The standard InChI is InChI=1S/C9H12ClN3O3S.C9H10N2O5S.CH2O/c1-11-8(7(4-14)13-16-2)5-17-6-12-9(15)3-10;1-10-5-6(13)11-7(5)17-3-2-4(12)16-9(3,11)8(14)15;1-2/h4-5H,1,3,6H2,2H3,(H,12,15);3,5,7,10H,2H2,1H3,(H,14,15);1H2/b8-5-,13-7+;;. The van der Waals surface area contributed by atoms with Gasteiger partial charge in [-0.25, -0.2) is 4.79 Å². The average Bonchev–Trinajstić information content (AvgIpc) is 3.34. The zero-order valence-electron chi connectivity index (χ0n) is 19.2. The minimum absolute atomic E-state index is 0.0265. The van der Waals surface area contributed by atoms with Crippen molar-refractivity contribution in [2.75, 3.05) is 25.9 Å². The predicted molar refractivity (Wildman–Crippen MR) is 133 cm³/mol. The number of ether oxygens (including phenoxy) is 1. The molecule has 3 heterocycles. The Labute approximate surface area is 219 Å². The molecule has 0 aliphatic carbocycles. The van der Waals surface area contributed by atoms with Gasteiger partial charge in [0.05, 0.1) is 17.5 Å². The number of rotatable bonds is 10. The molecular weight excluding hydrogens is 542 g/mol. The van der Waals surface area contributed by atoms with E-state index in [-0.39, 0.29) is 46.9 Å². The Balaban J connectivity index is 0.000000337. The van der Waals surface area contributed by atoms with Crippen molar-refractivity contribution in [1.82, 2.24) is 15.5 Å². The van der Waals surface area contributed by atoms with Crippen molar-refractivity contribution in [2.45, 2.75) is 28.8 Å². The number of carboxylic acid groups (broad SMARTS) is 1. The van der Waals surface area contributed by atoms with Crippen LogP contribution in [-0.4, -0.2) is 108 Å². The van der Waals surface area contributed by atoms with Gasteiger partial charge in [-0.3, -0.25) is 29.1 Å². The molecule has 14 nitrogen and oxygen atoms in total. The van der Waals surface area contributed by atoms with Gasteiger partial charge in [0, 0.05) is 5.41 Å². The lowest BCUT2D eigenvalue weighted by atomic mass is 9.99. The van der Waals surface area contributed by atoms with E-state index in [0.29, 0.717) is 12.2 Å². The van der Waals surface area contributed by atoms with Crippen LogP contribution in [0.4, 0.5) is 0 Å². The van der Waals surface area contributed by atoms with Crippen molar-refractivity contribution in [3.05, 3.63) is 11.1 Å². The second-order valence-electron chi connectivity index (χ2n) is 6.65. The first-order valence-electron chi connectivity index (χ1n) is 9.79. The highest BCUT2D eigenvalue weighted by Gasteiger charge is 2.74. The van der Waals surface area contributed by atoms with E-state index < -0.39 is 22.9 Å². The summed E-state index contributed by atoms with van der Waals surface area (Å²) in [6, 6.07) is -0.388. The molecule has 0 radical (unpaired) electrons. The number of carbonyl (C=O) groups excluding carboxylic acids is 5. The van der Waals surface area contributed by atoms with Crippen LogP contribution >= 0.6 is 35.1 Å². The smallest absolute Gasteiger partial charge is 0.371 e. The van der Waals surface area contributed by atoms with Crippen LogP contribution in [0.15, 0.2) is 21.3 Å². The fraction of sp³-hybridized carbons (Fsp3) is 0.474. The van der Waals surface area contributed by atoms with Crippen LogP contribution in [0.3, 0.4) is 0 Å². The number of carboxylic acids is 1. The number of aliphatic carboxylic acids is 1. The minimum atomic E-state index is -1.78. The van der Waals surface area contributed by atoms with E-state index in [0.717, 1.165) is 0 Å². The fourth-order valence-corrected chi connectivity index (χ4v) is 5.87. The molecule has 0 aromatic rings. The van der Waals surface area contributed by atoms with Gasteiger partial charge in [0.15, 0.2) is 12.0 Å². The molecule has 198 valence electrons. The number of esters is 1. The molecule has 3 saturated heterocycles. The Bertz CT molecular complexity index is 950. The van der Waals surface area contributed by atoms with Gasteiger partial charge in [-0.2, -0.15) is 0 Å². The summed E-state index contributed by atoms with van der Waals surface area (Å²) in [6.07, 6.45) is 0.537. The summed E-state index contributed by atoms with van der Waals surface area (Å²) < 4.78 is 4.95. The molecule has 3 fully saturated rings. The molecule has 3 aliphatic rings. The van der Waals surface area contributed by atoms with Crippen LogP contribution in [0.2, 0.25) is 0 Å². The van der Waals surface area contributed by atoms with E-state index in [4.69, 9.17) is 21.1 Å². The molecule has 0 aromatic carbocycles. The number of nitrogens with one attached hydrogen (secondary N) is 2. The first kappa shape index (κ1) is 31.1. The third kappa shape index (κ3) is 6.43. The quantitative estimate of drug-likeness (QED) is 0.0436. The highest BCUT2D eigenvalue weighted by Crippen LogP contribution is 2.55. The first-order chi connectivity index (χ1) is 17.2. The van der Waals surface area contributed by atoms with Crippen LogP contribution in [0.25, 0.3) is 0 Å².